The van der Waals surface area contributed by atoms with E-state index in [4.69, 9.17) is 4.74 Å². The van der Waals surface area contributed by atoms with Crippen molar-refractivity contribution in [1.82, 2.24) is 10.2 Å². The summed E-state index contributed by atoms with van der Waals surface area (Å²) >= 11 is 0. The number of benzene rings is 1. The van der Waals surface area contributed by atoms with Gasteiger partial charge < -0.3 is 15.0 Å². The summed E-state index contributed by atoms with van der Waals surface area (Å²) in [4.78, 5) is 14.5. The first-order valence-electron chi connectivity index (χ1n) is 7.78. The van der Waals surface area contributed by atoms with Crippen molar-refractivity contribution in [2.24, 2.45) is 5.92 Å². The molecule has 2 rings (SSSR count). The van der Waals surface area contributed by atoms with Crippen LogP contribution in [0.15, 0.2) is 24.3 Å². The molecule has 4 nitrogen and oxygen atoms in total. The van der Waals surface area contributed by atoms with Crippen LogP contribution in [0.4, 0.5) is 0 Å². The largest absolute Gasteiger partial charge is 0.381 e. The van der Waals surface area contributed by atoms with Gasteiger partial charge in [-0.3, -0.25) is 4.79 Å². The van der Waals surface area contributed by atoms with E-state index in [0.29, 0.717) is 5.92 Å². The molecule has 1 aromatic carbocycles. The third-order valence-corrected chi connectivity index (χ3v) is 4.11. The predicted molar refractivity (Wildman–Crippen MR) is 84.6 cm³/mol. The second-order valence-corrected chi connectivity index (χ2v) is 5.75. The third-order valence-electron chi connectivity index (χ3n) is 4.11. The summed E-state index contributed by atoms with van der Waals surface area (Å²) in [6.45, 7) is 3.35. The molecule has 1 aliphatic rings. The highest BCUT2D eigenvalue weighted by molar-refractivity contribution is 5.95. The van der Waals surface area contributed by atoms with E-state index in [9.17, 15) is 4.79 Å². The molecule has 0 saturated carbocycles. The van der Waals surface area contributed by atoms with Gasteiger partial charge in [-0.1, -0.05) is 18.2 Å². The summed E-state index contributed by atoms with van der Waals surface area (Å²) in [5, 5.41) is 3.14. The molecule has 1 fully saturated rings. The normalized spacial score (nSPS) is 15.9. The fourth-order valence-corrected chi connectivity index (χ4v) is 2.81. The second kappa shape index (κ2) is 8.15. The Balaban J connectivity index is 2.00. The maximum atomic E-state index is 12.7. The monoisotopic (exact) mass is 290 g/mol. The first kappa shape index (κ1) is 16.0. The van der Waals surface area contributed by atoms with E-state index in [2.05, 4.69) is 5.32 Å². The van der Waals surface area contributed by atoms with Gasteiger partial charge in [0.05, 0.1) is 0 Å². The van der Waals surface area contributed by atoms with Crippen molar-refractivity contribution < 1.29 is 9.53 Å². The van der Waals surface area contributed by atoms with Crippen molar-refractivity contribution in [1.29, 1.82) is 0 Å². The van der Waals surface area contributed by atoms with Crippen LogP contribution in [0.1, 0.15) is 28.8 Å². The van der Waals surface area contributed by atoms with Gasteiger partial charge >= 0.3 is 0 Å². The maximum absolute atomic E-state index is 12.7. The lowest BCUT2D eigenvalue weighted by molar-refractivity contribution is 0.0497. The molecule has 1 heterocycles. The van der Waals surface area contributed by atoms with Crippen molar-refractivity contribution in [3.8, 4) is 0 Å². The molecule has 1 amide bonds. The van der Waals surface area contributed by atoms with Crippen LogP contribution in [0.3, 0.4) is 0 Å². The number of nitrogens with one attached hydrogen (secondary N) is 1. The molecular weight excluding hydrogens is 264 g/mol. The van der Waals surface area contributed by atoms with Crippen LogP contribution < -0.4 is 5.32 Å². The van der Waals surface area contributed by atoms with E-state index in [-0.39, 0.29) is 5.91 Å². The van der Waals surface area contributed by atoms with E-state index < -0.39 is 0 Å². The molecule has 0 unspecified atom stereocenters. The number of carbonyl (C=O) groups excluding carboxylic acids is 1. The van der Waals surface area contributed by atoms with Crippen molar-refractivity contribution in [2.45, 2.75) is 19.3 Å². The quantitative estimate of drug-likeness (QED) is 0.870. The fourth-order valence-electron chi connectivity index (χ4n) is 2.81. The van der Waals surface area contributed by atoms with E-state index in [0.717, 1.165) is 56.7 Å². The molecule has 21 heavy (non-hydrogen) atoms. The number of likely N-dealkylation sites (N-methyl/N-ethyl adjacent to an activating group) is 1. The number of ether oxygens (including phenoxy) is 1. The summed E-state index contributed by atoms with van der Waals surface area (Å²) in [5.74, 6) is 0.699. The van der Waals surface area contributed by atoms with Gasteiger partial charge in [0.15, 0.2) is 0 Å². The summed E-state index contributed by atoms with van der Waals surface area (Å²) in [5.41, 5.74) is 1.96. The SMILES string of the molecule is CNCCc1ccccc1C(=O)N(C)CC1CCOCC1. The lowest BCUT2D eigenvalue weighted by atomic mass is 9.98. The van der Waals surface area contributed by atoms with E-state index in [1.54, 1.807) is 0 Å². The molecule has 4 heteroatoms. The molecule has 1 aromatic rings. The molecule has 0 bridgehead atoms. The van der Waals surface area contributed by atoms with E-state index in [1.165, 1.54) is 0 Å². The summed E-state index contributed by atoms with van der Waals surface area (Å²) in [7, 11) is 3.84. The number of rotatable bonds is 6. The van der Waals surface area contributed by atoms with Gasteiger partial charge in [-0.25, -0.2) is 0 Å². The van der Waals surface area contributed by atoms with Crippen LogP contribution in [0.2, 0.25) is 0 Å². The highest BCUT2D eigenvalue weighted by Crippen LogP contribution is 2.18. The van der Waals surface area contributed by atoms with Crippen molar-refractivity contribution in [3.63, 3.8) is 0 Å². The average Bonchev–Trinajstić information content (AvgIpc) is 2.53. The third kappa shape index (κ3) is 4.55. The fraction of sp³-hybridized carbons (Fsp3) is 0.588. The van der Waals surface area contributed by atoms with Crippen molar-refractivity contribution in [3.05, 3.63) is 35.4 Å². The Morgan fingerprint density at radius 3 is 2.76 bits per heavy atom. The minimum Gasteiger partial charge on any atom is -0.381 e. The van der Waals surface area contributed by atoms with Crippen LogP contribution in [0, 0.1) is 5.92 Å². The van der Waals surface area contributed by atoms with Gasteiger partial charge in [0, 0.05) is 32.4 Å². The Morgan fingerprint density at radius 1 is 1.33 bits per heavy atom. The first-order chi connectivity index (χ1) is 10.2. The second-order valence-electron chi connectivity index (χ2n) is 5.75. The van der Waals surface area contributed by atoms with Gasteiger partial charge in [-0.15, -0.1) is 0 Å². The number of hydrogen-bond acceptors (Lipinski definition) is 3. The molecule has 0 aliphatic carbocycles. The minimum atomic E-state index is 0.133. The molecule has 116 valence electrons. The maximum Gasteiger partial charge on any atom is 0.253 e. The van der Waals surface area contributed by atoms with Gasteiger partial charge in [-0.05, 0) is 50.4 Å². The summed E-state index contributed by atoms with van der Waals surface area (Å²) < 4.78 is 5.38. The van der Waals surface area contributed by atoms with Crippen LogP contribution in [-0.2, 0) is 11.2 Å². The number of hydrogen-bond donors (Lipinski definition) is 1. The van der Waals surface area contributed by atoms with Crippen LogP contribution in [0.25, 0.3) is 0 Å². The van der Waals surface area contributed by atoms with Crippen molar-refractivity contribution >= 4 is 5.91 Å². The Hall–Kier alpha value is -1.39. The van der Waals surface area contributed by atoms with Gasteiger partial charge in [0.25, 0.3) is 5.91 Å². The molecule has 1 N–H and O–H groups in total. The van der Waals surface area contributed by atoms with Gasteiger partial charge in [-0.2, -0.15) is 0 Å². The first-order valence-corrected chi connectivity index (χ1v) is 7.78. The Morgan fingerprint density at radius 2 is 2.05 bits per heavy atom. The summed E-state index contributed by atoms with van der Waals surface area (Å²) in [6, 6.07) is 7.93. The molecule has 0 spiro atoms. The Kier molecular flexibility index (Phi) is 6.21. The van der Waals surface area contributed by atoms with Crippen molar-refractivity contribution in [2.75, 3.05) is 40.4 Å². The lowest BCUT2D eigenvalue weighted by Crippen LogP contribution is -2.34. The molecule has 0 aromatic heterocycles. The zero-order chi connectivity index (χ0) is 15.1. The topological polar surface area (TPSA) is 41.6 Å². The molecule has 1 saturated heterocycles. The minimum absolute atomic E-state index is 0.133. The zero-order valence-corrected chi connectivity index (χ0v) is 13.1. The highest BCUT2D eigenvalue weighted by Gasteiger charge is 2.20. The van der Waals surface area contributed by atoms with Crippen LogP contribution in [0.5, 0.6) is 0 Å². The molecule has 1 aliphatic heterocycles. The van der Waals surface area contributed by atoms with E-state index >= 15 is 0 Å². The lowest BCUT2D eigenvalue weighted by Gasteiger charge is -2.27. The Bertz CT molecular complexity index is 456. The average molecular weight is 290 g/mol. The number of nitrogens with zero attached hydrogens (tertiary/aromatic N) is 1. The highest BCUT2D eigenvalue weighted by atomic mass is 16.5. The predicted octanol–water partition coefficient (Wildman–Crippen LogP) is 1.95. The van der Waals surface area contributed by atoms with Gasteiger partial charge in [0.1, 0.15) is 0 Å². The van der Waals surface area contributed by atoms with E-state index in [1.807, 2.05) is 43.3 Å². The van der Waals surface area contributed by atoms with Crippen LogP contribution >= 0.6 is 0 Å². The zero-order valence-electron chi connectivity index (χ0n) is 13.1. The molecule has 0 radical (unpaired) electrons. The standard InChI is InChI=1S/C17H26N2O2/c1-18-10-7-15-5-3-4-6-16(15)17(20)19(2)13-14-8-11-21-12-9-14/h3-6,14,18H,7-13H2,1-2H3. The smallest absolute Gasteiger partial charge is 0.253 e. The summed E-state index contributed by atoms with van der Waals surface area (Å²) in [6.07, 6.45) is 2.99. The van der Waals surface area contributed by atoms with Crippen LogP contribution in [-0.4, -0.2) is 51.2 Å². The molecule has 0 atom stereocenters. The van der Waals surface area contributed by atoms with Gasteiger partial charge in [0.2, 0.25) is 0 Å². The Labute approximate surface area is 127 Å². The number of carbonyl (C=O) groups is 1. The number of amides is 1. The molecular formula is C17H26N2O2.